The maximum atomic E-state index is 14.9. The molecule has 0 fully saturated rings. The standard InChI is InChI=1S/C16H18ClFN6.2ClH/c1-9(19)6-11-13(18)12-14(21-8-10-4-3-5-20-7-10)22-16(17)23-15(12)24(11)2;;/h3-5,7,9H,6,8,19H2,1-2H3,(H,21,22,23);2*1H. The number of rotatable bonds is 5. The molecule has 0 aliphatic heterocycles. The van der Waals surface area contributed by atoms with E-state index in [2.05, 4.69) is 20.3 Å². The maximum Gasteiger partial charge on any atom is 0.226 e. The van der Waals surface area contributed by atoms with E-state index >= 15 is 0 Å². The van der Waals surface area contributed by atoms with Crippen molar-refractivity contribution in [2.24, 2.45) is 12.8 Å². The minimum atomic E-state index is -0.366. The summed E-state index contributed by atoms with van der Waals surface area (Å²) >= 11 is 6.01. The van der Waals surface area contributed by atoms with Crippen LogP contribution in [0.4, 0.5) is 10.2 Å². The molecule has 6 nitrogen and oxygen atoms in total. The summed E-state index contributed by atoms with van der Waals surface area (Å²) in [6, 6.07) is 3.59. The SMILES string of the molecule is CC(N)Cc1c(F)c2c(NCc3cccnc3)nc(Cl)nc2n1C.Cl.Cl. The van der Waals surface area contributed by atoms with Crippen molar-refractivity contribution in [3.8, 4) is 0 Å². The molecule has 0 saturated heterocycles. The van der Waals surface area contributed by atoms with Gasteiger partial charge >= 0.3 is 0 Å². The molecule has 3 heterocycles. The average molecular weight is 422 g/mol. The van der Waals surface area contributed by atoms with Gasteiger partial charge in [-0.05, 0) is 30.2 Å². The molecule has 142 valence electrons. The van der Waals surface area contributed by atoms with Crippen LogP contribution in [0.2, 0.25) is 5.28 Å². The Morgan fingerprint density at radius 3 is 2.69 bits per heavy atom. The summed E-state index contributed by atoms with van der Waals surface area (Å²) in [5.41, 5.74) is 7.70. The van der Waals surface area contributed by atoms with Gasteiger partial charge in [0.25, 0.3) is 0 Å². The molecule has 0 aliphatic rings. The number of halogens is 4. The van der Waals surface area contributed by atoms with E-state index in [1.807, 2.05) is 19.1 Å². The van der Waals surface area contributed by atoms with E-state index in [0.717, 1.165) is 5.56 Å². The highest BCUT2D eigenvalue weighted by Gasteiger charge is 2.21. The molecule has 10 heteroatoms. The van der Waals surface area contributed by atoms with Crippen molar-refractivity contribution in [2.45, 2.75) is 25.9 Å². The van der Waals surface area contributed by atoms with Crippen molar-refractivity contribution < 1.29 is 4.39 Å². The van der Waals surface area contributed by atoms with Crippen LogP contribution >= 0.6 is 36.4 Å². The van der Waals surface area contributed by atoms with Crippen LogP contribution in [-0.2, 0) is 20.0 Å². The number of hydrogen-bond acceptors (Lipinski definition) is 5. The maximum absolute atomic E-state index is 14.9. The van der Waals surface area contributed by atoms with Crippen LogP contribution in [0.5, 0.6) is 0 Å². The van der Waals surface area contributed by atoms with Crippen LogP contribution in [0.25, 0.3) is 11.0 Å². The Morgan fingerprint density at radius 1 is 1.35 bits per heavy atom. The predicted molar refractivity (Wildman–Crippen MR) is 107 cm³/mol. The molecule has 3 rings (SSSR count). The summed E-state index contributed by atoms with van der Waals surface area (Å²) in [6.45, 7) is 2.28. The predicted octanol–water partition coefficient (Wildman–Crippen LogP) is 3.50. The van der Waals surface area contributed by atoms with Gasteiger partial charge in [0.2, 0.25) is 5.28 Å². The number of nitrogens with two attached hydrogens (primary N) is 1. The lowest BCUT2D eigenvalue weighted by molar-refractivity contribution is 0.586. The summed E-state index contributed by atoms with van der Waals surface area (Å²) < 4.78 is 16.6. The highest BCUT2D eigenvalue weighted by atomic mass is 35.5. The number of nitrogens with zero attached hydrogens (tertiary/aromatic N) is 4. The highest BCUT2D eigenvalue weighted by Crippen LogP contribution is 2.30. The molecule has 0 spiro atoms. The summed E-state index contributed by atoms with van der Waals surface area (Å²) in [5, 5.41) is 3.50. The van der Waals surface area contributed by atoms with Gasteiger partial charge in [-0.25, -0.2) is 4.39 Å². The van der Waals surface area contributed by atoms with E-state index in [0.29, 0.717) is 35.5 Å². The first kappa shape index (κ1) is 22.4. The van der Waals surface area contributed by atoms with Crippen molar-refractivity contribution >= 4 is 53.3 Å². The monoisotopic (exact) mass is 420 g/mol. The number of pyridine rings is 1. The van der Waals surface area contributed by atoms with Gasteiger partial charge in [-0.3, -0.25) is 4.98 Å². The number of aromatic nitrogens is 4. The molecule has 0 amide bonds. The Hall–Kier alpha value is -1.67. The third-order valence-corrected chi connectivity index (χ3v) is 3.93. The molecule has 0 aliphatic carbocycles. The Kier molecular flexibility index (Phi) is 8.02. The molecule has 26 heavy (non-hydrogen) atoms. The molecule has 0 saturated carbocycles. The summed E-state index contributed by atoms with van der Waals surface area (Å²) in [6.07, 6.45) is 3.83. The summed E-state index contributed by atoms with van der Waals surface area (Å²) in [5.74, 6) is -0.00645. The largest absolute Gasteiger partial charge is 0.365 e. The number of hydrogen-bond donors (Lipinski definition) is 2. The van der Waals surface area contributed by atoms with Gasteiger partial charge in [-0.15, -0.1) is 24.8 Å². The van der Waals surface area contributed by atoms with Crippen molar-refractivity contribution in [2.75, 3.05) is 5.32 Å². The zero-order valence-corrected chi connectivity index (χ0v) is 16.6. The van der Waals surface area contributed by atoms with Crippen molar-refractivity contribution in [3.05, 3.63) is 46.9 Å². The molecule has 0 aromatic carbocycles. The lowest BCUT2D eigenvalue weighted by Crippen LogP contribution is -2.20. The number of aryl methyl sites for hydroxylation is 1. The second-order valence-corrected chi connectivity index (χ2v) is 6.09. The fraction of sp³-hybridized carbons (Fsp3) is 0.312. The number of fused-ring (bicyclic) bond motifs is 1. The molecule has 3 aromatic rings. The van der Waals surface area contributed by atoms with E-state index in [9.17, 15) is 4.39 Å². The van der Waals surface area contributed by atoms with Crippen LogP contribution in [-0.4, -0.2) is 25.6 Å². The summed E-state index contributed by atoms with van der Waals surface area (Å²) in [4.78, 5) is 12.4. The number of nitrogens with one attached hydrogen (secondary N) is 1. The molecule has 0 bridgehead atoms. The molecule has 1 unspecified atom stereocenters. The first-order valence-corrected chi connectivity index (χ1v) is 7.93. The fourth-order valence-corrected chi connectivity index (χ4v) is 2.80. The van der Waals surface area contributed by atoms with Crippen molar-refractivity contribution in [1.29, 1.82) is 0 Å². The lowest BCUT2D eigenvalue weighted by Gasteiger charge is -2.07. The van der Waals surface area contributed by atoms with E-state index < -0.39 is 0 Å². The first-order valence-electron chi connectivity index (χ1n) is 7.56. The van der Waals surface area contributed by atoms with Crippen LogP contribution in [0.1, 0.15) is 18.2 Å². The minimum Gasteiger partial charge on any atom is -0.365 e. The smallest absolute Gasteiger partial charge is 0.226 e. The normalized spacial score (nSPS) is 11.6. The Morgan fingerprint density at radius 2 is 2.08 bits per heavy atom. The Labute approximate surface area is 168 Å². The van der Waals surface area contributed by atoms with Crippen LogP contribution in [0, 0.1) is 5.82 Å². The van der Waals surface area contributed by atoms with E-state index in [1.165, 1.54) is 0 Å². The van der Waals surface area contributed by atoms with E-state index in [1.54, 1.807) is 24.0 Å². The first-order chi connectivity index (χ1) is 11.5. The highest BCUT2D eigenvalue weighted by molar-refractivity contribution is 6.28. The third kappa shape index (κ3) is 4.54. The Bertz CT molecular complexity index is 870. The number of anilines is 1. The molecule has 1 atom stereocenters. The van der Waals surface area contributed by atoms with Crippen molar-refractivity contribution in [1.82, 2.24) is 19.5 Å². The molecular weight excluding hydrogens is 402 g/mol. The lowest BCUT2D eigenvalue weighted by atomic mass is 10.2. The van der Waals surface area contributed by atoms with Crippen molar-refractivity contribution in [3.63, 3.8) is 0 Å². The van der Waals surface area contributed by atoms with Gasteiger partial charge in [0, 0.05) is 38.4 Å². The fourth-order valence-electron chi connectivity index (χ4n) is 2.63. The van der Waals surface area contributed by atoms with Gasteiger partial charge in [0.15, 0.2) is 5.82 Å². The quantitative estimate of drug-likeness (QED) is 0.616. The van der Waals surface area contributed by atoms with Crippen LogP contribution in [0.3, 0.4) is 0 Å². The summed E-state index contributed by atoms with van der Waals surface area (Å²) in [7, 11) is 1.75. The van der Waals surface area contributed by atoms with Gasteiger partial charge in [-0.2, -0.15) is 9.97 Å². The van der Waals surface area contributed by atoms with Crippen LogP contribution < -0.4 is 11.1 Å². The zero-order chi connectivity index (χ0) is 17.3. The topological polar surface area (TPSA) is 81.7 Å². The third-order valence-electron chi connectivity index (χ3n) is 3.76. The van der Waals surface area contributed by atoms with Crippen LogP contribution in [0.15, 0.2) is 24.5 Å². The second kappa shape index (κ2) is 9.32. The molecule has 0 radical (unpaired) electrons. The molecule has 3 N–H and O–H groups in total. The van der Waals surface area contributed by atoms with Gasteiger partial charge in [0.1, 0.15) is 11.5 Å². The second-order valence-electron chi connectivity index (χ2n) is 5.76. The van der Waals surface area contributed by atoms with Gasteiger partial charge < -0.3 is 15.6 Å². The Balaban J connectivity index is 0.00000169. The molecule has 3 aromatic heterocycles. The van der Waals surface area contributed by atoms with E-state index in [4.69, 9.17) is 17.3 Å². The van der Waals surface area contributed by atoms with Gasteiger partial charge in [-0.1, -0.05) is 6.07 Å². The average Bonchev–Trinajstić information content (AvgIpc) is 2.78. The minimum absolute atomic E-state index is 0. The molecular formula is C16H20Cl3FN6. The zero-order valence-electron chi connectivity index (χ0n) is 14.2. The van der Waals surface area contributed by atoms with E-state index in [-0.39, 0.29) is 42.0 Å². The van der Waals surface area contributed by atoms with Gasteiger partial charge in [0.05, 0.1) is 11.1 Å².